The van der Waals surface area contributed by atoms with E-state index < -0.39 is 79.7 Å². The van der Waals surface area contributed by atoms with Gasteiger partial charge in [0, 0.05) is 72.2 Å². The minimum absolute atomic E-state index is 0.0305. The van der Waals surface area contributed by atoms with Gasteiger partial charge in [0.15, 0.2) is 5.78 Å². The van der Waals surface area contributed by atoms with Crippen LogP contribution >= 0.6 is 0 Å². The standard InChI is InChI=1S/C44H47F6N3O2Si/c1-28-22-34-33-16-10-11-17-37(33)51-40(34)41(39-35(45)23-29(24-36(39)46)42(54)30-25-52(26-30)21-18-38(47)48)53(28)27-44(49,50)20-19-43(2,3)56(55,31-12-6-4-7-13-31)32-14-8-5-9-15-32/h4-17,23-24,28,30,38,41,51,55H,18-22,25-27H2,1-3H3/t28-,41-/m1/s1. The molecular formula is C44H47F6N3O2Si. The predicted octanol–water partition coefficient (Wildman–Crippen LogP) is 8.50. The molecule has 7 rings (SSSR count). The van der Waals surface area contributed by atoms with Crippen LogP contribution in [0.2, 0.25) is 5.04 Å². The number of aromatic nitrogens is 1. The molecule has 0 unspecified atom stereocenters. The van der Waals surface area contributed by atoms with Gasteiger partial charge in [-0.1, -0.05) is 92.7 Å². The predicted molar refractivity (Wildman–Crippen MR) is 210 cm³/mol. The summed E-state index contributed by atoms with van der Waals surface area (Å²) in [6.07, 6.45) is -3.05. The molecule has 5 nitrogen and oxygen atoms in total. The summed E-state index contributed by atoms with van der Waals surface area (Å²) in [5.41, 5.74) is 1.30. The number of H-pyrrole nitrogens is 1. The Balaban J connectivity index is 1.19. The lowest BCUT2D eigenvalue weighted by Crippen LogP contribution is -2.65. The van der Waals surface area contributed by atoms with Crippen LogP contribution in [0.15, 0.2) is 97.1 Å². The number of halogens is 6. The van der Waals surface area contributed by atoms with E-state index in [1.807, 2.05) is 98.8 Å². The Morgan fingerprint density at radius 2 is 1.46 bits per heavy atom. The molecule has 1 saturated heterocycles. The first kappa shape index (κ1) is 40.0. The summed E-state index contributed by atoms with van der Waals surface area (Å²) in [5.74, 6) is -6.47. The van der Waals surface area contributed by atoms with Gasteiger partial charge in [-0.25, -0.2) is 26.3 Å². The highest BCUT2D eigenvalue weighted by molar-refractivity contribution is 6.98. The van der Waals surface area contributed by atoms with Gasteiger partial charge < -0.3 is 14.7 Å². The van der Waals surface area contributed by atoms with E-state index in [1.54, 1.807) is 11.8 Å². The van der Waals surface area contributed by atoms with E-state index in [2.05, 4.69) is 4.98 Å². The Bertz CT molecular complexity index is 2110. The van der Waals surface area contributed by atoms with E-state index in [-0.39, 0.29) is 38.0 Å². The van der Waals surface area contributed by atoms with Crippen LogP contribution in [-0.4, -0.2) is 78.2 Å². The Morgan fingerprint density at radius 1 is 0.893 bits per heavy atom. The lowest BCUT2D eigenvalue weighted by Gasteiger charge is -2.44. The average molecular weight is 792 g/mol. The minimum atomic E-state index is -3.59. The Labute approximate surface area is 324 Å². The van der Waals surface area contributed by atoms with Gasteiger partial charge in [0.05, 0.1) is 12.6 Å². The molecule has 0 spiro atoms. The van der Waals surface area contributed by atoms with Crippen molar-refractivity contribution in [1.29, 1.82) is 0 Å². The smallest absolute Gasteiger partial charge is 0.260 e. The second kappa shape index (κ2) is 15.6. The lowest BCUT2D eigenvalue weighted by molar-refractivity contribution is -0.0615. The number of nitrogens with zero attached hydrogens (tertiary/aromatic N) is 2. The molecule has 1 aromatic heterocycles. The molecule has 2 aliphatic rings. The number of rotatable bonds is 14. The van der Waals surface area contributed by atoms with Gasteiger partial charge in [0.2, 0.25) is 6.43 Å². The van der Waals surface area contributed by atoms with Crippen LogP contribution in [0.4, 0.5) is 26.3 Å². The largest absolute Gasteiger partial charge is 0.424 e. The second-order valence-corrected chi connectivity index (χ2v) is 20.2. The number of hydrogen-bond donors (Lipinski definition) is 2. The number of ketones is 1. The highest BCUT2D eigenvalue weighted by atomic mass is 28.4. The topological polar surface area (TPSA) is 59.6 Å². The highest BCUT2D eigenvalue weighted by Gasteiger charge is 2.52. The molecule has 296 valence electrons. The van der Waals surface area contributed by atoms with Crippen LogP contribution < -0.4 is 10.4 Å². The van der Waals surface area contributed by atoms with Crippen molar-refractivity contribution in [2.75, 3.05) is 26.2 Å². The summed E-state index contributed by atoms with van der Waals surface area (Å²) >= 11 is 0. The number of Topliss-reactive ketones (excluding diaryl/α,β-unsaturated/α-hetero) is 1. The number of benzene rings is 4. The van der Waals surface area contributed by atoms with Crippen LogP contribution in [0, 0.1) is 17.6 Å². The normalized spacial score (nSPS) is 18.7. The zero-order chi connectivity index (χ0) is 40.0. The third kappa shape index (κ3) is 7.60. The van der Waals surface area contributed by atoms with Crippen molar-refractivity contribution in [3.8, 4) is 0 Å². The van der Waals surface area contributed by atoms with Crippen LogP contribution in [-0.2, 0) is 6.42 Å². The van der Waals surface area contributed by atoms with Gasteiger partial charge in [-0.05, 0) is 58.9 Å². The van der Waals surface area contributed by atoms with Crippen molar-refractivity contribution in [2.24, 2.45) is 5.92 Å². The van der Waals surface area contributed by atoms with Crippen LogP contribution in [0.3, 0.4) is 0 Å². The maximum atomic E-state index is 16.6. The van der Waals surface area contributed by atoms with Crippen molar-refractivity contribution in [3.63, 3.8) is 0 Å². The first-order valence-electron chi connectivity index (χ1n) is 19.2. The van der Waals surface area contributed by atoms with Gasteiger partial charge >= 0.3 is 0 Å². The zero-order valence-electron chi connectivity index (χ0n) is 31.7. The van der Waals surface area contributed by atoms with Crippen LogP contribution in [0.1, 0.15) is 73.3 Å². The van der Waals surface area contributed by atoms with E-state index >= 15 is 17.6 Å². The lowest BCUT2D eigenvalue weighted by atomic mass is 9.85. The molecule has 2 aliphatic heterocycles. The maximum Gasteiger partial charge on any atom is 0.260 e. The van der Waals surface area contributed by atoms with Gasteiger partial charge in [-0.15, -0.1) is 0 Å². The minimum Gasteiger partial charge on any atom is -0.424 e. The van der Waals surface area contributed by atoms with Crippen molar-refractivity contribution in [2.45, 2.75) is 75.9 Å². The average Bonchev–Trinajstić information content (AvgIpc) is 3.52. The fourth-order valence-electron chi connectivity index (χ4n) is 8.82. The molecule has 0 saturated carbocycles. The second-order valence-electron chi connectivity index (χ2n) is 16.2. The molecule has 0 amide bonds. The molecule has 2 atom stereocenters. The number of fused-ring (bicyclic) bond motifs is 3. The number of likely N-dealkylation sites (tertiary alicyclic amines) is 1. The van der Waals surface area contributed by atoms with Crippen molar-refractivity contribution < 1.29 is 35.9 Å². The quantitative estimate of drug-likeness (QED) is 0.0674. The number of aromatic amines is 1. The molecule has 56 heavy (non-hydrogen) atoms. The summed E-state index contributed by atoms with van der Waals surface area (Å²) in [6.45, 7) is 5.18. The summed E-state index contributed by atoms with van der Waals surface area (Å²) < 4.78 is 91.4. The first-order chi connectivity index (χ1) is 26.6. The third-order valence-corrected chi connectivity index (χ3v) is 16.6. The number of nitrogens with one attached hydrogen (secondary N) is 1. The molecule has 4 aromatic carbocycles. The number of carbonyl (C=O) groups excluding carboxylic acids is 1. The van der Waals surface area contributed by atoms with Crippen molar-refractivity contribution >= 4 is 35.4 Å². The van der Waals surface area contributed by atoms with Gasteiger partial charge in [0.25, 0.3) is 14.2 Å². The van der Waals surface area contributed by atoms with Gasteiger partial charge in [-0.2, -0.15) is 0 Å². The molecule has 0 radical (unpaired) electrons. The Morgan fingerprint density at radius 3 is 2.05 bits per heavy atom. The molecule has 3 heterocycles. The summed E-state index contributed by atoms with van der Waals surface area (Å²) in [4.78, 5) is 32.3. The molecule has 0 bridgehead atoms. The monoisotopic (exact) mass is 791 g/mol. The molecule has 2 N–H and O–H groups in total. The van der Waals surface area contributed by atoms with E-state index in [4.69, 9.17) is 0 Å². The van der Waals surface area contributed by atoms with E-state index in [0.29, 0.717) is 28.0 Å². The van der Waals surface area contributed by atoms with E-state index in [9.17, 15) is 18.4 Å². The van der Waals surface area contributed by atoms with E-state index in [0.717, 1.165) is 23.1 Å². The Hall–Kier alpha value is -4.23. The van der Waals surface area contributed by atoms with Crippen LogP contribution in [0.5, 0.6) is 0 Å². The van der Waals surface area contributed by atoms with Crippen molar-refractivity contribution in [3.05, 3.63) is 131 Å². The van der Waals surface area contributed by atoms with Gasteiger partial charge in [-0.3, -0.25) is 9.69 Å². The Kier molecular flexibility index (Phi) is 11.1. The SMILES string of the molecule is C[C@@H]1Cc2c([nH]c3ccccc23)[C@@H](c2c(F)cc(C(=O)C3CN(CCC(F)F)C3)cc2F)N1CC(F)(F)CCC(C)(C)[Si](O)(c1ccccc1)c1ccccc1. The highest BCUT2D eigenvalue weighted by Crippen LogP contribution is 2.46. The number of para-hydroxylation sites is 1. The molecule has 0 aliphatic carbocycles. The van der Waals surface area contributed by atoms with Gasteiger partial charge in [0.1, 0.15) is 11.6 Å². The molecular weight excluding hydrogens is 745 g/mol. The molecule has 5 aromatic rings. The maximum absolute atomic E-state index is 16.6. The third-order valence-electron chi connectivity index (χ3n) is 12.0. The summed E-state index contributed by atoms with van der Waals surface area (Å²) in [5, 5.41) is 1.32. The number of hydrogen-bond acceptors (Lipinski definition) is 4. The number of carbonyl (C=O) groups is 1. The fraction of sp³-hybridized carbons (Fsp3) is 0.386. The summed E-state index contributed by atoms with van der Waals surface area (Å²) in [7, 11) is -3.59. The summed E-state index contributed by atoms with van der Waals surface area (Å²) in [6, 6.07) is 25.9. The van der Waals surface area contributed by atoms with Crippen molar-refractivity contribution in [1.82, 2.24) is 14.8 Å². The van der Waals surface area contributed by atoms with E-state index in [1.165, 1.54) is 4.90 Å². The molecule has 1 fully saturated rings. The number of alkyl halides is 4. The molecule has 12 heteroatoms. The fourth-order valence-corrected chi connectivity index (χ4v) is 12.5. The first-order valence-corrected chi connectivity index (χ1v) is 21.1. The zero-order valence-corrected chi connectivity index (χ0v) is 32.7. The van der Waals surface area contributed by atoms with Crippen LogP contribution in [0.25, 0.3) is 10.9 Å².